The highest BCUT2D eigenvalue weighted by Crippen LogP contribution is 2.27. The maximum atomic E-state index is 9.12. The molecule has 3 heteroatoms. The van der Waals surface area contributed by atoms with Gasteiger partial charge in [0.1, 0.15) is 5.75 Å². The monoisotopic (exact) mass is 220 g/mol. The van der Waals surface area contributed by atoms with Crippen LogP contribution in [0, 0.1) is 5.92 Å². The highest BCUT2D eigenvalue weighted by Gasteiger charge is 2.20. The number of nitrogens with one attached hydrogen (secondary N) is 1. The second-order valence-electron chi connectivity index (χ2n) is 4.72. The van der Waals surface area contributed by atoms with E-state index in [-0.39, 0.29) is 5.75 Å². The number of rotatable bonds is 4. The van der Waals surface area contributed by atoms with E-state index >= 15 is 0 Å². The Bertz CT molecular complexity index is 317. The van der Waals surface area contributed by atoms with Crippen molar-refractivity contribution in [1.82, 2.24) is 10.3 Å². The van der Waals surface area contributed by atoms with E-state index in [9.17, 15) is 0 Å². The van der Waals surface area contributed by atoms with Crippen LogP contribution in [0.4, 0.5) is 0 Å². The fraction of sp³-hybridized carbons (Fsp3) is 0.615. The van der Waals surface area contributed by atoms with Crippen molar-refractivity contribution >= 4 is 0 Å². The van der Waals surface area contributed by atoms with Gasteiger partial charge in [-0.05, 0) is 37.8 Å². The molecule has 0 saturated heterocycles. The van der Waals surface area contributed by atoms with Gasteiger partial charge in [0.15, 0.2) is 0 Å². The number of aromatic hydroxyl groups is 1. The van der Waals surface area contributed by atoms with E-state index < -0.39 is 0 Å². The molecule has 88 valence electrons. The summed E-state index contributed by atoms with van der Waals surface area (Å²) in [7, 11) is 0. The lowest BCUT2D eigenvalue weighted by Crippen LogP contribution is -2.31. The standard InChI is InChI=1S/C13H20N2O/c1-10(11-4-2-3-5-11)14-8-12-6-7-13(16)9-15-12/h6-7,9-11,14,16H,2-5,8H2,1H3/t10-/m0/s1. The van der Waals surface area contributed by atoms with Gasteiger partial charge in [0, 0.05) is 12.6 Å². The molecule has 0 spiro atoms. The Morgan fingerprint density at radius 3 is 2.81 bits per heavy atom. The molecule has 0 aliphatic heterocycles. The lowest BCUT2D eigenvalue weighted by Gasteiger charge is -2.20. The molecule has 0 radical (unpaired) electrons. The molecule has 1 saturated carbocycles. The Morgan fingerprint density at radius 1 is 1.44 bits per heavy atom. The number of hydrogen-bond acceptors (Lipinski definition) is 3. The summed E-state index contributed by atoms with van der Waals surface area (Å²) in [6.45, 7) is 3.05. The van der Waals surface area contributed by atoms with Crippen LogP contribution in [-0.4, -0.2) is 16.1 Å². The molecule has 0 unspecified atom stereocenters. The maximum Gasteiger partial charge on any atom is 0.133 e. The molecule has 16 heavy (non-hydrogen) atoms. The first-order chi connectivity index (χ1) is 7.75. The second kappa shape index (κ2) is 5.30. The number of pyridine rings is 1. The molecular weight excluding hydrogens is 200 g/mol. The average Bonchev–Trinajstić information content (AvgIpc) is 2.81. The summed E-state index contributed by atoms with van der Waals surface area (Å²) in [5.41, 5.74) is 0.989. The maximum absolute atomic E-state index is 9.12. The molecule has 1 aromatic heterocycles. The van der Waals surface area contributed by atoms with Crippen LogP contribution < -0.4 is 5.32 Å². The minimum atomic E-state index is 0.229. The Labute approximate surface area is 96.9 Å². The SMILES string of the molecule is C[C@H](NCc1ccc(O)cn1)C1CCCC1. The molecule has 3 nitrogen and oxygen atoms in total. The van der Waals surface area contributed by atoms with Gasteiger partial charge < -0.3 is 10.4 Å². The van der Waals surface area contributed by atoms with Gasteiger partial charge in [0.25, 0.3) is 0 Å². The smallest absolute Gasteiger partial charge is 0.133 e. The summed E-state index contributed by atoms with van der Waals surface area (Å²) in [4.78, 5) is 4.16. The third kappa shape index (κ3) is 2.95. The summed E-state index contributed by atoms with van der Waals surface area (Å²) in [5.74, 6) is 1.06. The Morgan fingerprint density at radius 2 is 2.19 bits per heavy atom. The molecule has 1 aromatic rings. The predicted molar refractivity (Wildman–Crippen MR) is 64.2 cm³/mol. The van der Waals surface area contributed by atoms with Crippen LogP contribution in [0.2, 0.25) is 0 Å². The fourth-order valence-electron chi connectivity index (χ4n) is 2.41. The number of aromatic nitrogens is 1. The van der Waals surface area contributed by atoms with E-state index in [0.717, 1.165) is 18.2 Å². The molecule has 0 aromatic carbocycles. The number of hydrogen-bond donors (Lipinski definition) is 2. The van der Waals surface area contributed by atoms with Crippen LogP contribution >= 0.6 is 0 Å². The first-order valence-corrected chi connectivity index (χ1v) is 6.13. The van der Waals surface area contributed by atoms with E-state index in [0.29, 0.717) is 6.04 Å². The third-order valence-electron chi connectivity index (χ3n) is 3.52. The van der Waals surface area contributed by atoms with Crippen molar-refractivity contribution in [3.8, 4) is 5.75 Å². The zero-order valence-corrected chi connectivity index (χ0v) is 9.82. The molecule has 1 heterocycles. The van der Waals surface area contributed by atoms with Crippen LogP contribution in [0.25, 0.3) is 0 Å². The quantitative estimate of drug-likeness (QED) is 0.819. The van der Waals surface area contributed by atoms with Crippen LogP contribution in [0.3, 0.4) is 0 Å². The minimum absolute atomic E-state index is 0.229. The van der Waals surface area contributed by atoms with Gasteiger partial charge >= 0.3 is 0 Å². The third-order valence-corrected chi connectivity index (χ3v) is 3.52. The first kappa shape index (κ1) is 11.4. The number of nitrogens with zero attached hydrogens (tertiary/aromatic N) is 1. The summed E-state index contributed by atoms with van der Waals surface area (Å²) >= 11 is 0. The Kier molecular flexibility index (Phi) is 3.78. The van der Waals surface area contributed by atoms with E-state index in [1.807, 2.05) is 6.07 Å². The topological polar surface area (TPSA) is 45.1 Å². The molecule has 1 aliphatic carbocycles. The molecular formula is C13H20N2O. The largest absolute Gasteiger partial charge is 0.506 e. The van der Waals surface area contributed by atoms with Crippen molar-refractivity contribution in [2.24, 2.45) is 5.92 Å². The fourth-order valence-corrected chi connectivity index (χ4v) is 2.41. The summed E-state index contributed by atoms with van der Waals surface area (Å²) in [6.07, 6.45) is 6.98. The van der Waals surface area contributed by atoms with Crippen molar-refractivity contribution < 1.29 is 5.11 Å². The Hall–Kier alpha value is -1.09. The van der Waals surface area contributed by atoms with Gasteiger partial charge in [-0.25, -0.2) is 0 Å². The highest BCUT2D eigenvalue weighted by molar-refractivity contribution is 5.17. The molecule has 1 fully saturated rings. The molecule has 0 amide bonds. The molecule has 0 bridgehead atoms. The molecule has 1 aliphatic rings. The van der Waals surface area contributed by atoms with E-state index in [2.05, 4.69) is 17.2 Å². The summed E-state index contributed by atoms with van der Waals surface area (Å²) < 4.78 is 0. The predicted octanol–water partition coefficient (Wildman–Crippen LogP) is 2.46. The zero-order chi connectivity index (χ0) is 11.4. The van der Waals surface area contributed by atoms with Gasteiger partial charge in [-0.15, -0.1) is 0 Å². The van der Waals surface area contributed by atoms with Crippen molar-refractivity contribution in [3.05, 3.63) is 24.0 Å². The zero-order valence-electron chi connectivity index (χ0n) is 9.82. The lowest BCUT2D eigenvalue weighted by atomic mass is 10.00. The lowest BCUT2D eigenvalue weighted by molar-refractivity contribution is 0.378. The van der Waals surface area contributed by atoms with Crippen LogP contribution in [0.1, 0.15) is 38.3 Å². The normalized spacial score (nSPS) is 18.8. The van der Waals surface area contributed by atoms with Crippen molar-refractivity contribution in [2.75, 3.05) is 0 Å². The molecule has 1 atom stereocenters. The van der Waals surface area contributed by atoms with Gasteiger partial charge in [-0.3, -0.25) is 4.98 Å². The second-order valence-corrected chi connectivity index (χ2v) is 4.72. The highest BCUT2D eigenvalue weighted by atomic mass is 16.3. The van der Waals surface area contributed by atoms with Gasteiger partial charge in [-0.1, -0.05) is 12.8 Å². The van der Waals surface area contributed by atoms with Crippen LogP contribution in [0.15, 0.2) is 18.3 Å². The summed E-state index contributed by atoms with van der Waals surface area (Å²) in [6, 6.07) is 4.12. The van der Waals surface area contributed by atoms with Gasteiger partial charge in [-0.2, -0.15) is 0 Å². The van der Waals surface area contributed by atoms with E-state index in [4.69, 9.17) is 5.11 Å². The average molecular weight is 220 g/mol. The van der Waals surface area contributed by atoms with Crippen molar-refractivity contribution in [1.29, 1.82) is 0 Å². The van der Waals surface area contributed by atoms with Crippen LogP contribution in [-0.2, 0) is 6.54 Å². The van der Waals surface area contributed by atoms with Crippen LogP contribution in [0.5, 0.6) is 5.75 Å². The van der Waals surface area contributed by atoms with Crippen molar-refractivity contribution in [3.63, 3.8) is 0 Å². The van der Waals surface area contributed by atoms with Crippen molar-refractivity contribution in [2.45, 2.75) is 45.2 Å². The first-order valence-electron chi connectivity index (χ1n) is 6.13. The molecule has 2 rings (SSSR count). The van der Waals surface area contributed by atoms with Gasteiger partial charge in [0.05, 0.1) is 11.9 Å². The minimum Gasteiger partial charge on any atom is -0.506 e. The molecule has 2 N–H and O–H groups in total. The summed E-state index contributed by atoms with van der Waals surface area (Å²) in [5, 5.41) is 12.6. The van der Waals surface area contributed by atoms with Gasteiger partial charge in [0.2, 0.25) is 0 Å². The van der Waals surface area contributed by atoms with E-state index in [1.54, 1.807) is 6.07 Å². The van der Waals surface area contributed by atoms with E-state index in [1.165, 1.54) is 31.9 Å². The Balaban J connectivity index is 1.80.